The Balaban J connectivity index is 0.000000437. The van der Waals surface area contributed by atoms with Crippen molar-refractivity contribution in [3.05, 3.63) is 0 Å². The first-order valence-corrected chi connectivity index (χ1v) is 8.49. The van der Waals surface area contributed by atoms with Gasteiger partial charge in [0.1, 0.15) is 0 Å². The largest absolute Gasteiger partial charge is 0.748 e. The third-order valence-corrected chi connectivity index (χ3v) is 2.94. The average Bonchev–Trinajstić information content (AvgIpc) is 2.24. The summed E-state index contributed by atoms with van der Waals surface area (Å²) in [4.78, 5) is 1.87. The van der Waals surface area contributed by atoms with Crippen molar-refractivity contribution >= 4 is 10.1 Å². The van der Waals surface area contributed by atoms with Gasteiger partial charge >= 0.3 is 0 Å². The molecule has 0 saturated carbocycles. The molecule has 1 heterocycles. The summed E-state index contributed by atoms with van der Waals surface area (Å²) in [7, 11) is -3.92. The van der Waals surface area contributed by atoms with Gasteiger partial charge in [0.15, 0.2) is 0 Å². The third kappa shape index (κ3) is 15.9. The minimum absolute atomic E-state index is 0.604. The number of unbranched alkanes of at least 4 members (excludes halogenated alkanes) is 3. The summed E-state index contributed by atoms with van der Waals surface area (Å²) in [5, 5.41) is 0. The van der Waals surface area contributed by atoms with E-state index in [9.17, 15) is 0 Å². The number of rotatable bonds is 5. The molecular formula is C12H27NO3S. The molecule has 0 aliphatic carbocycles. The van der Waals surface area contributed by atoms with E-state index in [1.165, 1.54) is 64.6 Å². The molecule has 0 radical (unpaired) electrons. The molecule has 1 saturated heterocycles. The highest BCUT2D eigenvalue weighted by molar-refractivity contribution is 7.84. The molecule has 17 heavy (non-hydrogen) atoms. The van der Waals surface area contributed by atoms with Crippen LogP contribution in [-0.2, 0) is 10.1 Å². The molecule has 0 aromatic carbocycles. The normalized spacial score (nSPS) is 17.4. The van der Waals surface area contributed by atoms with Crippen LogP contribution < -0.4 is 4.90 Å². The van der Waals surface area contributed by atoms with Crippen molar-refractivity contribution in [2.24, 2.45) is 0 Å². The summed E-state index contributed by atoms with van der Waals surface area (Å²) >= 11 is 0. The SMILES string of the molecule is CCCCCC[NH+]1CCCCC1.CS(=O)(=O)[O-]. The molecule has 1 aliphatic heterocycles. The van der Waals surface area contributed by atoms with Gasteiger partial charge in [0.05, 0.1) is 29.8 Å². The monoisotopic (exact) mass is 265 g/mol. The Bertz CT molecular complexity index is 251. The van der Waals surface area contributed by atoms with E-state index in [0.717, 1.165) is 0 Å². The van der Waals surface area contributed by atoms with Gasteiger partial charge in [0.2, 0.25) is 0 Å². The van der Waals surface area contributed by atoms with Gasteiger partial charge in [0.25, 0.3) is 0 Å². The van der Waals surface area contributed by atoms with E-state index in [1.807, 2.05) is 4.90 Å². The standard InChI is InChI=1S/C11H23N.CH4O3S/c1-2-3-4-6-9-12-10-7-5-8-11-12;1-5(2,3)4/h2-11H2,1H3;1H3,(H,2,3,4). The molecular weight excluding hydrogens is 238 g/mol. The molecule has 1 fully saturated rings. The molecule has 5 heteroatoms. The van der Waals surface area contributed by atoms with Gasteiger partial charge in [0, 0.05) is 6.26 Å². The van der Waals surface area contributed by atoms with Gasteiger partial charge in [-0.15, -0.1) is 0 Å². The molecule has 0 aromatic rings. The summed E-state index contributed by atoms with van der Waals surface area (Å²) in [6.45, 7) is 6.63. The number of hydrogen-bond acceptors (Lipinski definition) is 3. The minimum atomic E-state index is -3.92. The molecule has 0 spiro atoms. The topological polar surface area (TPSA) is 61.6 Å². The third-order valence-electron chi connectivity index (χ3n) is 2.94. The second-order valence-corrected chi connectivity index (χ2v) is 6.23. The second kappa shape index (κ2) is 9.85. The van der Waals surface area contributed by atoms with Crippen molar-refractivity contribution < 1.29 is 17.9 Å². The molecule has 0 unspecified atom stereocenters. The summed E-state index contributed by atoms with van der Waals surface area (Å²) < 4.78 is 27.2. The number of likely N-dealkylation sites (tertiary alicyclic amines) is 1. The zero-order chi connectivity index (χ0) is 13.1. The summed E-state index contributed by atoms with van der Waals surface area (Å²) in [6, 6.07) is 0. The Morgan fingerprint density at radius 3 is 2.06 bits per heavy atom. The molecule has 1 rings (SSSR count). The van der Waals surface area contributed by atoms with Crippen molar-refractivity contribution in [1.82, 2.24) is 0 Å². The van der Waals surface area contributed by atoms with Crippen LogP contribution in [0.15, 0.2) is 0 Å². The predicted octanol–water partition coefficient (Wildman–Crippen LogP) is 0.797. The zero-order valence-electron chi connectivity index (χ0n) is 11.2. The first kappa shape index (κ1) is 16.9. The van der Waals surface area contributed by atoms with Crippen LogP contribution in [0.4, 0.5) is 0 Å². The highest BCUT2D eigenvalue weighted by Crippen LogP contribution is 1.98. The zero-order valence-corrected chi connectivity index (χ0v) is 12.0. The number of piperidine rings is 1. The second-order valence-electron chi connectivity index (χ2n) is 4.83. The van der Waals surface area contributed by atoms with E-state index in [1.54, 1.807) is 0 Å². The van der Waals surface area contributed by atoms with E-state index < -0.39 is 10.1 Å². The number of nitrogens with one attached hydrogen (secondary N) is 1. The maximum absolute atomic E-state index is 9.08. The van der Waals surface area contributed by atoms with Crippen LogP contribution in [0.5, 0.6) is 0 Å². The fraction of sp³-hybridized carbons (Fsp3) is 1.00. The summed E-state index contributed by atoms with van der Waals surface area (Å²) in [5.74, 6) is 0. The van der Waals surface area contributed by atoms with Crippen LogP contribution >= 0.6 is 0 Å². The average molecular weight is 265 g/mol. The fourth-order valence-corrected chi connectivity index (χ4v) is 2.10. The van der Waals surface area contributed by atoms with Crippen LogP contribution in [0, 0.1) is 0 Å². The fourth-order valence-electron chi connectivity index (χ4n) is 2.10. The van der Waals surface area contributed by atoms with Crippen LogP contribution in [-0.4, -0.2) is 38.9 Å². The molecule has 0 amide bonds. The lowest BCUT2D eigenvalue weighted by Gasteiger charge is -2.23. The Kier molecular flexibility index (Phi) is 9.78. The van der Waals surface area contributed by atoms with Crippen LogP contribution in [0.25, 0.3) is 0 Å². The van der Waals surface area contributed by atoms with E-state index in [2.05, 4.69) is 6.92 Å². The Morgan fingerprint density at radius 1 is 1.06 bits per heavy atom. The van der Waals surface area contributed by atoms with Crippen LogP contribution in [0.2, 0.25) is 0 Å². The number of quaternary nitrogens is 1. The highest BCUT2D eigenvalue weighted by atomic mass is 32.2. The van der Waals surface area contributed by atoms with Crippen molar-refractivity contribution in [3.63, 3.8) is 0 Å². The van der Waals surface area contributed by atoms with E-state index in [4.69, 9.17) is 13.0 Å². The van der Waals surface area contributed by atoms with Gasteiger partial charge in [-0.25, -0.2) is 8.42 Å². The lowest BCUT2D eigenvalue weighted by Crippen LogP contribution is -3.12. The summed E-state index contributed by atoms with van der Waals surface area (Å²) in [5.41, 5.74) is 0. The number of hydrogen-bond donors (Lipinski definition) is 1. The van der Waals surface area contributed by atoms with Gasteiger partial charge in [-0.3, -0.25) is 0 Å². The minimum Gasteiger partial charge on any atom is -0.748 e. The molecule has 0 aromatic heterocycles. The van der Waals surface area contributed by atoms with Crippen molar-refractivity contribution in [1.29, 1.82) is 0 Å². The molecule has 0 atom stereocenters. The van der Waals surface area contributed by atoms with E-state index in [0.29, 0.717) is 6.26 Å². The lowest BCUT2D eigenvalue weighted by atomic mass is 10.1. The smallest absolute Gasteiger partial charge is 0.0916 e. The van der Waals surface area contributed by atoms with Gasteiger partial charge < -0.3 is 9.45 Å². The quantitative estimate of drug-likeness (QED) is 0.591. The molecule has 1 aliphatic rings. The molecule has 1 N–H and O–H groups in total. The first-order chi connectivity index (χ1) is 7.93. The molecule has 0 bridgehead atoms. The first-order valence-electron chi connectivity index (χ1n) is 6.68. The highest BCUT2D eigenvalue weighted by Gasteiger charge is 2.11. The maximum atomic E-state index is 9.08. The van der Waals surface area contributed by atoms with Crippen LogP contribution in [0.3, 0.4) is 0 Å². The predicted molar refractivity (Wildman–Crippen MR) is 69.2 cm³/mol. The Labute approximate surface area is 106 Å². The molecule has 4 nitrogen and oxygen atoms in total. The lowest BCUT2D eigenvalue weighted by molar-refractivity contribution is -0.905. The van der Waals surface area contributed by atoms with Gasteiger partial charge in [-0.2, -0.15) is 0 Å². The van der Waals surface area contributed by atoms with E-state index >= 15 is 0 Å². The Hall–Kier alpha value is -0.130. The maximum Gasteiger partial charge on any atom is 0.0916 e. The van der Waals surface area contributed by atoms with Crippen LogP contribution in [0.1, 0.15) is 51.9 Å². The Morgan fingerprint density at radius 2 is 1.59 bits per heavy atom. The van der Waals surface area contributed by atoms with E-state index in [-0.39, 0.29) is 0 Å². The van der Waals surface area contributed by atoms with Gasteiger partial charge in [-0.1, -0.05) is 19.8 Å². The summed E-state index contributed by atoms with van der Waals surface area (Å²) in [6.07, 6.45) is 10.8. The van der Waals surface area contributed by atoms with Crippen molar-refractivity contribution in [2.75, 3.05) is 25.9 Å². The van der Waals surface area contributed by atoms with Crippen molar-refractivity contribution in [2.45, 2.75) is 51.9 Å². The molecule has 104 valence electrons. The van der Waals surface area contributed by atoms with Crippen molar-refractivity contribution in [3.8, 4) is 0 Å². The van der Waals surface area contributed by atoms with Gasteiger partial charge in [-0.05, 0) is 32.1 Å².